The Morgan fingerprint density at radius 3 is 2.83 bits per heavy atom. The SMILES string of the molecule is COC/C=C1/CN(C(C(=O)C2CC2)c2ccccc2F)CCC1O. The zero-order valence-corrected chi connectivity index (χ0v) is 14.0. The molecule has 1 saturated carbocycles. The molecule has 0 amide bonds. The molecule has 2 unspecified atom stereocenters. The van der Waals surface area contributed by atoms with Crippen LogP contribution in [0.15, 0.2) is 35.9 Å². The summed E-state index contributed by atoms with van der Waals surface area (Å²) in [7, 11) is 1.60. The molecule has 4 nitrogen and oxygen atoms in total. The molecule has 130 valence electrons. The van der Waals surface area contributed by atoms with Gasteiger partial charge < -0.3 is 9.84 Å². The van der Waals surface area contributed by atoms with Gasteiger partial charge in [-0.2, -0.15) is 0 Å². The summed E-state index contributed by atoms with van der Waals surface area (Å²) in [6.45, 7) is 1.45. The van der Waals surface area contributed by atoms with Crippen molar-refractivity contribution in [3.05, 3.63) is 47.3 Å². The molecular weight excluding hydrogens is 309 g/mol. The monoisotopic (exact) mass is 333 g/mol. The molecule has 1 saturated heterocycles. The van der Waals surface area contributed by atoms with Gasteiger partial charge in [-0.05, 0) is 30.9 Å². The summed E-state index contributed by atoms with van der Waals surface area (Å²) < 4.78 is 19.4. The van der Waals surface area contributed by atoms with E-state index in [2.05, 4.69) is 0 Å². The second-order valence-electron chi connectivity index (χ2n) is 6.61. The van der Waals surface area contributed by atoms with Crippen LogP contribution < -0.4 is 0 Å². The fraction of sp³-hybridized carbons (Fsp3) is 0.526. The average Bonchev–Trinajstić information content (AvgIpc) is 3.42. The maximum Gasteiger partial charge on any atom is 0.157 e. The maximum absolute atomic E-state index is 14.4. The Hall–Kier alpha value is -1.56. The number of ketones is 1. The Bertz CT molecular complexity index is 627. The number of aliphatic hydroxyl groups excluding tert-OH is 1. The number of carbonyl (C=O) groups is 1. The summed E-state index contributed by atoms with van der Waals surface area (Å²) in [5.41, 5.74) is 1.28. The van der Waals surface area contributed by atoms with Gasteiger partial charge >= 0.3 is 0 Å². The lowest BCUT2D eigenvalue weighted by Gasteiger charge is -2.37. The van der Waals surface area contributed by atoms with Gasteiger partial charge in [0.2, 0.25) is 0 Å². The van der Waals surface area contributed by atoms with E-state index in [9.17, 15) is 14.3 Å². The lowest BCUT2D eigenvalue weighted by Crippen LogP contribution is -2.43. The highest BCUT2D eigenvalue weighted by Crippen LogP contribution is 2.39. The number of rotatable bonds is 6. The van der Waals surface area contributed by atoms with Gasteiger partial charge in [-0.3, -0.25) is 9.69 Å². The Morgan fingerprint density at radius 1 is 1.42 bits per heavy atom. The number of Topliss-reactive ketones (excluding diaryl/α,β-unsaturated/α-hetero) is 1. The summed E-state index contributed by atoms with van der Waals surface area (Å²) in [5, 5.41) is 10.2. The molecule has 0 aromatic heterocycles. The molecule has 24 heavy (non-hydrogen) atoms. The first kappa shape index (κ1) is 17.3. The molecule has 0 spiro atoms. The molecule has 2 atom stereocenters. The molecule has 0 radical (unpaired) electrons. The molecule has 2 aliphatic rings. The van der Waals surface area contributed by atoms with Gasteiger partial charge in [-0.15, -0.1) is 0 Å². The van der Waals surface area contributed by atoms with E-state index in [1.165, 1.54) is 6.07 Å². The summed E-state index contributed by atoms with van der Waals surface area (Å²) in [4.78, 5) is 14.8. The van der Waals surface area contributed by atoms with E-state index < -0.39 is 12.1 Å². The van der Waals surface area contributed by atoms with Crippen molar-refractivity contribution in [1.29, 1.82) is 0 Å². The van der Waals surface area contributed by atoms with Crippen molar-refractivity contribution in [1.82, 2.24) is 4.90 Å². The second kappa shape index (κ2) is 7.55. The number of likely N-dealkylation sites (tertiary alicyclic amines) is 1. The number of aliphatic hydroxyl groups is 1. The van der Waals surface area contributed by atoms with Crippen molar-refractivity contribution in [2.24, 2.45) is 5.92 Å². The molecule has 1 N–H and O–H groups in total. The van der Waals surface area contributed by atoms with Gasteiger partial charge in [0.25, 0.3) is 0 Å². The van der Waals surface area contributed by atoms with Crippen molar-refractivity contribution in [3.8, 4) is 0 Å². The Kier molecular flexibility index (Phi) is 5.43. The van der Waals surface area contributed by atoms with E-state index in [0.29, 0.717) is 31.7 Å². The standard InChI is InChI=1S/C19H24FNO3/c1-24-11-9-14-12-21(10-8-17(14)22)18(19(23)13-6-7-13)15-4-2-3-5-16(15)20/h2-5,9,13,17-18,22H,6-8,10-12H2,1H3/b14-9-. The zero-order chi connectivity index (χ0) is 17.1. The van der Waals surface area contributed by atoms with Crippen LogP contribution >= 0.6 is 0 Å². The van der Waals surface area contributed by atoms with Crippen molar-refractivity contribution in [2.75, 3.05) is 26.8 Å². The van der Waals surface area contributed by atoms with Crippen LogP contribution in [0.25, 0.3) is 0 Å². The smallest absolute Gasteiger partial charge is 0.157 e. The number of benzene rings is 1. The number of piperidine rings is 1. The third kappa shape index (κ3) is 3.74. The Labute approximate surface area is 141 Å². The van der Waals surface area contributed by atoms with Crippen LogP contribution in [0.4, 0.5) is 4.39 Å². The van der Waals surface area contributed by atoms with Crippen molar-refractivity contribution in [2.45, 2.75) is 31.4 Å². The number of halogens is 1. The van der Waals surface area contributed by atoms with E-state index in [1.807, 2.05) is 11.0 Å². The summed E-state index contributed by atoms with van der Waals surface area (Å²) >= 11 is 0. The van der Waals surface area contributed by atoms with Crippen LogP contribution in [-0.4, -0.2) is 48.7 Å². The largest absolute Gasteiger partial charge is 0.389 e. The molecule has 2 fully saturated rings. The summed E-state index contributed by atoms with van der Waals surface area (Å²) in [6.07, 6.45) is 3.67. The molecule has 1 aromatic carbocycles. The third-order valence-corrected chi connectivity index (χ3v) is 4.83. The molecule has 5 heteroatoms. The molecule has 0 bridgehead atoms. The minimum absolute atomic E-state index is 0.0489. The van der Waals surface area contributed by atoms with Crippen LogP contribution in [0.1, 0.15) is 30.9 Å². The Morgan fingerprint density at radius 2 is 2.17 bits per heavy atom. The van der Waals surface area contributed by atoms with Gasteiger partial charge in [0.05, 0.1) is 18.8 Å². The van der Waals surface area contributed by atoms with Gasteiger partial charge in [0.15, 0.2) is 5.78 Å². The normalized spacial score (nSPS) is 25.0. The molecule has 1 aliphatic heterocycles. The predicted molar refractivity (Wildman–Crippen MR) is 89.0 cm³/mol. The second-order valence-corrected chi connectivity index (χ2v) is 6.61. The molecule has 3 rings (SSSR count). The lowest BCUT2D eigenvalue weighted by molar-refractivity contribution is -0.126. The zero-order valence-electron chi connectivity index (χ0n) is 14.0. The number of hydrogen-bond acceptors (Lipinski definition) is 4. The fourth-order valence-corrected chi connectivity index (χ4v) is 3.32. The van der Waals surface area contributed by atoms with Crippen LogP contribution in [0.5, 0.6) is 0 Å². The van der Waals surface area contributed by atoms with Gasteiger partial charge in [-0.25, -0.2) is 4.39 Å². The minimum atomic E-state index is -0.572. The van der Waals surface area contributed by atoms with Crippen LogP contribution in [-0.2, 0) is 9.53 Å². The average molecular weight is 333 g/mol. The predicted octanol–water partition coefficient (Wildman–Crippen LogP) is 2.49. The number of carbonyl (C=O) groups excluding carboxylic acids is 1. The van der Waals surface area contributed by atoms with Crippen molar-refractivity contribution in [3.63, 3.8) is 0 Å². The number of nitrogens with zero attached hydrogens (tertiary/aromatic N) is 1. The maximum atomic E-state index is 14.4. The van der Waals surface area contributed by atoms with E-state index in [0.717, 1.165) is 18.4 Å². The third-order valence-electron chi connectivity index (χ3n) is 4.83. The van der Waals surface area contributed by atoms with Crippen molar-refractivity contribution < 1.29 is 19.0 Å². The van der Waals surface area contributed by atoms with Crippen LogP contribution in [0.3, 0.4) is 0 Å². The van der Waals surface area contributed by atoms with E-state index in [-0.39, 0.29) is 17.5 Å². The number of ether oxygens (including phenoxy) is 1. The topological polar surface area (TPSA) is 49.8 Å². The van der Waals surface area contributed by atoms with Gasteiger partial charge in [-0.1, -0.05) is 24.3 Å². The number of methoxy groups -OCH3 is 1. The van der Waals surface area contributed by atoms with Crippen molar-refractivity contribution >= 4 is 5.78 Å². The summed E-state index contributed by atoms with van der Waals surface area (Å²) in [5.74, 6) is -0.194. The highest BCUT2D eigenvalue weighted by Gasteiger charge is 2.40. The summed E-state index contributed by atoms with van der Waals surface area (Å²) in [6, 6.07) is 5.94. The highest BCUT2D eigenvalue weighted by atomic mass is 19.1. The quantitative estimate of drug-likeness (QED) is 0.813. The van der Waals surface area contributed by atoms with E-state index in [1.54, 1.807) is 25.3 Å². The van der Waals surface area contributed by atoms with Gasteiger partial charge in [0.1, 0.15) is 5.82 Å². The van der Waals surface area contributed by atoms with Crippen LogP contribution in [0, 0.1) is 11.7 Å². The van der Waals surface area contributed by atoms with E-state index >= 15 is 0 Å². The van der Waals surface area contributed by atoms with E-state index in [4.69, 9.17) is 4.74 Å². The molecule has 1 heterocycles. The molecular formula is C19H24FNO3. The fourth-order valence-electron chi connectivity index (χ4n) is 3.32. The molecule has 1 aromatic rings. The lowest BCUT2D eigenvalue weighted by atomic mass is 9.93. The van der Waals surface area contributed by atoms with Crippen LogP contribution in [0.2, 0.25) is 0 Å². The number of hydrogen-bond donors (Lipinski definition) is 1. The Balaban J connectivity index is 1.88. The first-order chi connectivity index (χ1) is 11.6. The molecule has 1 aliphatic carbocycles. The highest BCUT2D eigenvalue weighted by molar-refractivity contribution is 5.89. The first-order valence-corrected chi connectivity index (χ1v) is 8.50. The minimum Gasteiger partial charge on any atom is -0.389 e. The van der Waals surface area contributed by atoms with Gasteiger partial charge in [0, 0.05) is 31.7 Å². The first-order valence-electron chi connectivity index (χ1n) is 8.50.